The van der Waals surface area contributed by atoms with Gasteiger partial charge >= 0.3 is 0 Å². The first-order valence-corrected chi connectivity index (χ1v) is 7.18. The molecule has 0 saturated carbocycles. The van der Waals surface area contributed by atoms with Crippen LogP contribution in [-0.2, 0) is 4.79 Å². The van der Waals surface area contributed by atoms with E-state index in [-0.39, 0.29) is 11.7 Å². The maximum absolute atomic E-state index is 12.1. The van der Waals surface area contributed by atoms with Crippen LogP contribution >= 0.6 is 0 Å². The fraction of sp³-hybridized carbons (Fsp3) is 0. The topological polar surface area (TPSA) is 74.2 Å². The quantitative estimate of drug-likeness (QED) is 0.501. The minimum absolute atomic E-state index is 0.186. The minimum Gasteiger partial charge on any atom is -0.507 e. The zero-order valence-electron chi connectivity index (χ0n) is 12.1. The van der Waals surface area contributed by atoms with E-state index in [9.17, 15) is 9.90 Å². The number of pyridine rings is 1. The highest BCUT2D eigenvalue weighted by atomic mass is 16.3. The van der Waals surface area contributed by atoms with Gasteiger partial charge in [-0.1, -0.05) is 24.3 Å². The molecule has 1 aliphatic heterocycles. The zero-order valence-corrected chi connectivity index (χ0v) is 12.1. The highest BCUT2D eigenvalue weighted by Crippen LogP contribution is 2.32. The number of nitrogens with zero attached hydrogens (tertiary/aromatic N) is 1. The second-order valence-corrected chi connectivity index (χ2v) is 5.23. The van der Waals surface area contributed by atoms with Crippen LogP contribution in [0.5, 0.6) is 5.75 Å². The number of anilines is 2. The van der Waals surface area contributed by atoms with Crippen LogP contribution < -0.4 is 10.6 Å². The summed E-state index contributed by atoms with van der Waals surface area (Å²) in [6, 6.07) is 14.6. The summed E-state index contributed by atoms with van der Waals surface area (Å²) >= 11 is 0. The van der Waals surface area contributed by atoms with E-state index in [4.69, 9.17) is 0 Å². The lowest BCUT2D eigenvalue weighted by Gasteiger charge is -2.08. The molecular formula is C18H13N3O2. The van der Waals surface area contributed by atoms with E-state index in [0.29, 0.717) is 11.4 Å². The Morgan fingerprint density at radius 3 is 2.74 bits per heavy atom. The van der Waals surface area contributed by atoms with E-state index in [1.165, 1.54) is 0 Å². The standard InChI is InChI=1S/C18H13N3O2/c22-16-8-7-15(11-4-1-2-5-12(11)16)20-10-14-13-6-3-9-19-17(13)21-18(14)23/h1-10,20,22H,(H,19,21,23)/b14-10-. The molecule has 112 valence electrons. The Morgan fingerprint density at radius 1 is 1.04 bits per heavy atom. The van der Waals surface area contributed by atoms with Crippen LogP contribution in [0.1, 0.15) is 5.56 Å². The van der Waals surface area contributed by atoms with Gasteiger partial charge in [-0.05, 0) is 24.3 Å². The SMILES string of the molecule is O=C1Nc2ncccc2/C1=C/Nc1ccc(O)c2ccccc12. The van der Waals surface area contributed by atoms with Crippen molar-refractivity contribution in [2.45, 2.75) is 0 Å². The summed E-state index contributed by atoms with van der Waals surface area (Å²) < 4.78 is 0. The van der Waals surface area contributed by atoms with E-state index < -0.39 is 0 Å². The molecule has 5 heteroatoms. The summed E-state index contributed by atoms with van der Waals surface area (Å²) in [6.45, 7) is 0. The Balaban J connectivity index is 1.75. The smallest absolute Gasteiger partial charge is 0.259 e. The predicted molar refractivity (Wildman–Crippen MR) is 90.1 cm³/mol. The van der Waals surface area contributed by atoms with Crippen LogP contribution in [0.15, 0.2) is 60.9 Å². The van der Waals surface area contributed by atoms with Crippen molar-refractivity contribution in [3.63, 3.8) is 0 Å². The first-order chi connectivity index (χ1) is 11.2. The molecule has 0 unspecified atom stereocenters. The van der Waals surface area contributed by atoms with Crippen LogP contribution in [0.2, 0.25) is 0 Å². The number of benzene rings is 2. The molecule has 0 bridgehead atoms. The molecule has 5 nitrogen and oxygen atoms in total. The van der Waals surface area contributed by atoms with Crippen molar-refractivity contribution >= 4 is 33.8 Å². The summed E-state index contributed by atoms with van der Waals surface area (Å²) in [4.78, 5) is 16.2. The summed E-state index contributed by atoms with van der Waals surface area (Å²) in [5.74, 6) is 0.613. The number of amides is 1. The number of phenols is 1. The van der Waals surface area contributed by atoms with Crippen molar-refractivity contribution in [1.29, 1.82) is 0 Å². The van der Waals surface area contributed by atoms with Gasteiger partial charge in [-0.3, -0.25) is 4.79 Å². The van der Waals surface area contributed by atoms with Gasteiger partial charge in [0.1, 0.15) is 11.6 Å². The summed E-state index contributed by atoms with van der Waals surface area (Å²) in [5, 5.41) is 17.5. The number of phenolic OH excluding ortho intramolecular Hbond substituents is 1. The molecule has 2 aromatic carbocycles. The molecule has 1 aliphatic rings. The number of aromatic hydroxyl groups is 1. The summed E-state index contributed by atoms with van der Waals surface area (Å²) in [6.07, 6.45) is 3.31. The molecule has 4 rings (SSSR count). The Kier molecular flexibility index (Phi) is 2.98. The van der Waals surface area contributed by atoms with Crippen molar-refractivity contribution in [2.75, 3.05) is 10.6 Å². The van der Waals surface area contributed by atoms with Crippen molar-refractivity contribution in [3.05, 3.63) is 66.5 Å². The highest BCUT2D eigenvalue weighted by molar-refractivity contribution is 6.31. The van der Waals surface area contributed by atoms with E-state index in [2.05, 4.69) is 15.6 Å². The number of carbonyl (C=O) groups is 1. The van der Waals surface area contributed by atoms with Gasteiger partial charge < -0.3 is 15.7 Å². The van der Waals surface area contributed by atoms with Gasteiger partial charge in [0, 0.05) is 34.4 Å². The molecule has 3 aromatic rings. The Morgan fingerprint density at radius 2 is 1.87 bits per heavy atom. The van der Waals surface area contributed by atoms with E-state index in [0.717, 1.165) is 22.0 Å². The third kappa shape index (κ3) is 2.19. The first-order valence-electron chi connectivity index (χ1n) is 7.18. The fourth-order valence-electron chi connectivity index (χ4n) is 2.72. The van der Waals surface area contributed by atoms with Crippen LogP contribution in [0.25, 0.3) is 16.3 Å². The second kappa shape index (κ2) is 5.14. The molecule has 2 heterocycles. The molecule has 1 amide bonds. The molecule has 0 aliphatic carbocycles. The normalized spacial score (nSPS) is 14.8. The average Bonchev–Trinajstić information content (AvgIpc) is 2.90. The number of hydrogen-bond donors (Lipinski definition) is 3. The number of nitrogens with one attached hydrogen (secondary N) is 2. The highest BCUT2D eigenvalue weighted by Gasteiger charge is 2.24. The lowest BCUT2D eigenvalue weighted by molar-refractivity contribution is -0.110. The van der Waals surface area contributed by atoms with Gasteiger partial charge in [-0.2, -0.15) is 0 Å². The largest absolute Gasteiger partial charge is 0.507 e. The van der Waals surface area contributed by atoms with Crippen molar-refractivity contribution in [1.82, 2.24) is 4.98 Å². The van der Waals surface area contributed by atoms with Gasteiger partial charge in [0.2, 0.25) is 0 Å². The van der Waals surface area contributed by atoms with E-state index in [1.54, 1.807) is 30.6 Å². The third-order valence-corrected chi connectivity index (χ3v) is 3.85. The lowest BCUT2D eigenvalue weighted by atomic mass is 10.1. The molecule has 0 radical (unpaired) electrons. The number of aromatic nitrogens is 1. The monoisotopic (exact) mass is 303 g/mol. The number of hydrogen-bond acceptors (Lipinski definition) is 4. The molecule has 23 heavy (non-hydrogen) atoms. The zero-order chi connectivity index (χ0) is 15.8. The van der Waals surface area contributed by atoms with Crippen LogP contribution in [0, 0.1) is 0 Å². The minimum atomic E-state index is -0.186. The Labute approximate surface area is 132 Å². The lowest BCUT2D eigenvalue weighted by Crippen LogP contribution is -2.05. The molecule has 0 saturated heterocycles. The molecular weight excluding hydrogens is 290 g/mol. The first kappa shape index (κ1) is 13.3. The second-order valence-electron chi connectivity index (χ2n) is 5.23. The van der Waals surface area contributed by atoms with Gasteiger partial charge in [-0.25, -0.2) is 4.98 Å². The summed E-state index contributed by atoms with van der Waals surface area (Å²) in [5.41, 5.74) is 2.12. The maximum Gasteiger partial charge on any atom is 0.259 e. The molecule has 0 atom stereocenters. The van der Waals surface area contributed by atoms with Crippen LogP contribution in [0.3, 0.4) is 0 Å². The summed E-state index contributed by atoms with van der Waals surface area (Å²) in [7, 11) is 0. The van der Waals surface area contributed by atoms with E-state index >= 15 is 0 Å². The molecule has 0 fully saturated rings. The Bertz CT molecular complexity index is 963. The molecule has 1 aromatic heterocycles. The van der Waals surface area contributed by atoms with Crippen LogP contribution in [-0.4, -0.2) is 16.0 Å². The maximum atomic E-state index is 12.1. The molecule has 0 spiro atoms. The number of fused-ring (bicyclic) bond motifs is 2. The predicted octanol–water partition coefficient (Wildman–Crippen LogP) is 3.35. The van der Waals surface area contributed by atoms with Crippen LogP contribution in [0.4, 0.5) is 11.5 Å². The van der Waals surface area contributed by atoms with Gasteiger partial charge in [0.15, 0.2) is 0 Å². The van der Waals surface area contributed by atoms with Gasteiger partial charge in [0.05, 0.1) is 5.57 Å². The third-order valence-electron chi connectivity index (χ3n) is 3.85. The van der Waals surface area contributed by atoms with Crippen molar-refractivity contribution < 1.29 is 9.90 Å². The fourth-order valence-corrected chi connectivity index (χ4v) is 2.72. The van der Waals surface area contributed by atoms with Gasteiger partial charge in [0.25, 0.3) is 5.91 Å². The molecule has 3 N–H and O–H groups in total. The van der Waals surface area contributed by atoms with Gasteiger partial charge in [-0.15, -0.1) is 0 Å². The van der Waals surface area contributed by atoms with E-state index in [1.807, 2.05) is 30.3 Å². The Hall–Kier alpha value is -3.34. The average molecular weight is 303 g/mol. The number of carbonyl (C=O) groups excluding carboxylic acids is 1. The van der Waals surface area contributed by atoms with Crippen molar-refractivity contribution in [2.24, 2.45) is 0 Å². The number of rotatable bonds is 2. The van der Waals surface area contributed by atoms with Crippen molar-refractivity contribution in [3.8, 4) is 5.75 Å².